The van der Waals surface area contributed by atoms with Crippen molar-refractivity contribution < 1.29 is 0 Å². The highest BCUT2D eigenvalue weighted by Gasteiger charge is 2.31. The van der Waals surface area contributed by atoms with Crippen LogP contribution in [-0.2, 0) is 0 Å². The maximum Gasteiger partial charge on any atom is 0.0176 e. The van der Waals surface area contributed by atoms with Gasteiger partial charge in [-0.1, -0.05) is 18.5 Å². The van der Waals surface area contributed by atoms with E-state index in [9.17, 15) is 0 Å². The Morgan fingerprint density at radius 3 is 2.80 bits per heavy atom. The van der Waals surface area contributed by atoms with Gasteiger partial charge in [0.1, 0.15) is 0 Å². The van der Waals surface area contributed by atoms with E-state index < -0.39 is 0 Å². The zero-order chi connectivity index (χ0) is 7.56. The van der Waals surface area contributed by atoms with Gasteiger partial charge in [-0.25, -0.2) is 0 Å². The van der Waals surface area contributed by atoms with Crippen molar-refractivity contribution in [2.24, 2.45) is 5.92 Å². The van der Waals surface area contributed by atoms with Gasteiger partial charge in [-0.15, -0.1) is 0 Å². The Balaban J connectivity index is 2.06. The predicted octanol–water partition coefficient (Wildman–Crippen LogP) is 2.13. The first-order valence-corrected chi connectivity index (χ1v) is 4.17. The number of hydrogen-bond donors (Lipinski definition) is 1. The summed E-state index contributed by atoms with van der Waals surface area (Å²) in [5.41, 5.74) is 2.85. The Morgan fingerprint density at radius 2 is 2.40 bits per heavy atom. The van der Waals surface area contributed by atoms with Gasteiger partial charge in [0, 0.05) is 18.1 Å². The van der Waals surface area contributed by atoms with Crippen molar-refractivity contribution in [1.82, 2.24) is 5.32 Å². The Hall–Kier alpha value is -0.0100. The summed E-state index contributed by atoms with van der Waals surface area (Å²) in [6.07, 6.45) is 1.33. The third-order valence-corrected chi connectivity index (χ3v) is 2.31. The fourth-order valence-corrected chi connectivity index (χ4v) is 1.01. The third-order valence-electron chi connectivity index (χ3n) is 1.94. The smallest absolute Gasteiger partial charge is 0.0176 e. The summed E-state index contributed by atoms with van der Waals surface area (Å²) >= 11 is 5.49. The van der Waals surface area contributed by atoms with Crippen molar-refractivity contribution in [2.45, 2.75) is 26.3 Å². The lowest BCUT2D eigenvalue weighted by Gasteiger charge is -2.00. The quantitative estimate of drug-likeness (QED) is 0.666. The fourth-order valence-electron chi connectivity index (χ4n) is 0.937. The van der Waals surface area contributed by atoms with Crippen molar-refractivity contribution >= 4 is 11.6 Å². The summed E-state index contributed by atoms with van der Waals surface area (Å²) in [5.74, 6) is 0.878. The molecule has 0 radical (unpaired) electrons. The lowest BCUT2D eigenvalue weighted by Crippen LogP contribution is -2.19. The third kappa shape index (κ3) is 2.31. The minimum Gasteiger partial charge on any atom is -0.310 e. The molecule has 0 aromatic carbocycles. The molecule has 0 saturated heterocycles. The van der Waals surface area contributed by atoms with Gasteiger partial charge in [-0.3, -0.25) is 0 Å². The molecular weight excluding hydrogens is 146 g/mol. The highest BCUT2D eigenvalue weighted by molar-refractivity contribution is 6.25. The highest BCUT2D eigenvalue weighted by Crippen LogP contribution is 2.28. The van der Waals surface area contributed by atoms with Crippen LogP contribution in [0.15, 0.2) is 11.1 Å². The average molecular weight is 160 g/mol. The van der Waals surface area contributed by atoms with Crippen LogP contribution in [0.2, 0.25) is 0 Å². The molecular formula is C8H14ClN. The second-order valence-corrected chi connectivity index (χ2v) is 3.37. The first-order chi connectivity index (χ1) is 4.74. The van der Waals surface area contributed by atoms with Crippen molar-refractivity contribution in [1.29, 1.82) is 0 Å². The molecule has 2 heteroatoms. The van der Waals surface area contributed by atoms with E-state index in [0.717, 1.165) is 18.5 Å². The molecule has 0 spiro atoms. The van der Waals surface area contributed by atoms with Crippen LogP contribution in [0.1, 0.15) is 20.3 Å². The number of hydrogen-bond acceptors (Lipinski definition) is 1. The van der Waals surface area contributed by atoms with Gasteiger partial charge < -0.3 is 5.32 Å². The predicted molar refractivity (Wildman–Crippen MR) is 45.2 cm³/mol. The monoisotopic (exact) mass is 159 g/mol. The summed E-state index contributed by atoms with van der Waals surface area (Å²) in [4.78, 5) is 0. The van der Waals surface area contributed by atoms with Gasteiger partial charge in [0.2, 0.25) is 0 Å². The molecule has 1 saturated carbocycles. The largest absolute Gasteiger partial charge is 0.310 e. The molecule has 0 aromatic heterocycles. The summed E-state index contributed by atoms with van der Waals surface area (Å²) in [6, 6.07) is 0.756. The Labute approximate surface area is 67.5 Å². The minimum absolute atomic E-state index is 0.756. The first-order valence-electron chi connectivity index (χ1n) is 3.73. The SMILES string of the molecule is CC(=CCl)CNC1CC1C. The molecule has 1 aliphatic carbocycles. The maximum atomic E-state index is 5.49. The second kappa shape index (κ2) is 3.40. The summed E-state index contributed by atoms with van der Waals surface area (Å²) < 4.78 is 0. The number of rotatable bonds is 3. The molecule has 0 heterocycles. The van der Waals surface area contributed by atoms with Crippen LogP contribution in [0.25, 0.3) is 0 Å². The van der Waals surface area contributed by atoms with Crippen LogP contribution in [0, 0.1) is 5.92 Å². The standard InChI is InChI=1S/C8H14ClN/c1-6(4-9)5-10-8-3-7(8)2/h4,7-8,10H,3,5H2,1-2H3. The number of halogens is 1. The molecule has 58 valence electrons. The van der Waals surface area contributed by atoms with Crippen molar-refractivity contribution in [2.75, 3.05) is 6.54 Å². The van der Waals surface area contributed by atoms with Gasteiger partial charge in [0.05, 0.1) is 0 Å². The molecule has 1 aliphatic rings. The molecule has 0 aliphatic heterocycles. The van der Waals surface area contributed by atoms with Crippen molar-refractivity contribution in [3.05, 3.63) is 11.1 Å². The molecule has 1 nitrogen and oxygen atoms in total. The molecule has 0 bridgehead atoms. The lowest BCUT2D eigenvalue weighted by molar-refractivity contribution is 0.691. The molecule has 2 unspecified atom stereocenters. The summed E-state index contributed by atoms with van der Waals surface area (Å²) in [5, 5.41) is 3.40. The summed E-state index contributed by atoms with van der Waals surface area (Å²) in [7, 11) is 0. The van der Waals surface area contributed by atoms with Crippen LogP contribution in [0.3, 0.4) is 0 Å². The van der Waals surface area contributed by atoms with Crippen LogP contribution in [0.4, 0.5) is 0 Å². The second-order valence-electron chi connectivity index (χ2n) is 3.16. The van der Waals surface area contributed by atoms with Gasteiger partial charge in [-0.05, 0) is 24.8 Å². The molecule has 1 fully saturated rings. The Kier molecular flexibility index (Phi) is 2.75. The minimum atomic E-state index is 0.756. The molecule has 0 aromatic rings. The van der Waals surface area contributed by atoms with Gasteiger partial charge in [-0.2, -0.15) is 0 Å². The maximum absolute atomic E-state index is 5.49. The zero-order valence-corrected chi connectivity index (χ0v) is 7.28. The average Bonchev–Trinajstić information content (AvgIpc) is 2.61. The van der Waals surface area contributed by atoms with Crippen molar-refractivity contribution in [3.8, 4) is 0 Å². The molecule has 10 heavy (non-hydrogen) atoms. The normalized spacial score (nSPS) is 32.5. The van der Waals surface area contributed by atoms with E-state index in [2.05, 4.69) is 12.2 Å². The highest BCUT2D eigenvalue weighted by atomic mass is 35.5. The molecule has 1 N–H and O–H groups in total. The summed E-state index contributed by atoms with van der Waals surface area (Å²) in [6.45, 7) is 5.24. The van der Waals surface area contributed by atoms with Gasteiger partial charge in [0.15, 0.2) is 0 Å². The van der Waals surface area contributed by atoms with Gasteiger partial charge >= 0.3 is 0 Å². The molecule has 0 amide bonds. The fraction of sp³-hybridized carbons (Fsp3) is 0.750. The van der Waals surface area contributed by atoms with E-state index in [0.29, 0.717) is 0 Å². The Bertz CT molecular complexity index is 142. The van der Waals surface area contributed by atoms with E-state index in [-0.39, 0.29) is 0 Å². The van der Waals surface area contributed by atoms with E-state index >= 15 is 0 Å². The molecule has 1 rings (SSSR count). The van der Waals surface area contributed by atoms with Crippen LogP contribution in [0.5, 0.6) is 0 Å². The topological polar surface area (TPSA) is 12.0 Å². The van der Waals surface area contributed by atoms with Crippen LogP contribution in [-0.4, -0.2) is 12.6 Å². The number of nitrogens with one attached hydrogen (secondary N) is 1. The lowest BCUT2D eigenvalue weighted by atomic mass is 10.3. The van der Waals surface area contributed by atoms with E-state index in [1.54, 1.807) is 5.54 Å². The van der Waals surface area contributed by atoms with E-state index in [1.165, 1.54) is 12.0 Å². The van der Waals surface area contributed by atoms with E-state index in [1.807, 2.05) is 6.92 Å². The van der Waals surface area contributed by atoms with E-state index in [4.69, 9.17) is 11.6 Å². The van der Waals surface area contributed by atoms with Crippen molar-refractivity contribution in [3.63, 3.8) is 0 Å². The Morgan fingerprint density at radius 1 is 1.80 bits per heavy atom. The van der Waals surface area contributed by atoms with Gasteiger partial charge in [0.25, 0.3) is 0 Å². The van der Waals surface area contributed by atoms with Crippen LogP contribution >= 0.6 is 11.6 Å². The molecule has 2 atom stereocenters. The zero-order valence-electron chi connectivity index (χ0n) is 6.52. The first kappa shape index (κ1) is 8.09. The van der Waals surface area contributed by atoms with Crippen LogP contribution < -0.4 is 5.32 Å².